The Hall–Kier alpha value is -5.45. The number of carbonyl (C=O) groups is 2. The zero-order chi connectivity index (χ0) is 37.0. The summed E-state index contributed by atoms with van der Waals surface area (Å²) in [5.74, 6) is 0.619. The van der Waals surface area contributed by atoms with Crippen molar-refractivity contribution in [1.82, 2.24) is 10.1 Å². The highest BCUT2D eigenvalue weighted by molar-refractivity contribution is 6.00. The van der Waals surface area contributed by atoms with Crippen molar-refractivity contribution in [3.8, 4) is 33.9 Å². The van der Waals surface area contributed by atoms with Crippen LogP contribution >= 0.6 is 0 Å². The van der Waals surface area contributed by atoms with Crippen LogP contribution in [0, 0.1) is 0 Å². The molecule has 1 aliphatic rings. The molecule has 1 aliphatic heterocycles. The maximum absolute atomic E-state index is 13.6. The lowest BCUT2D eigenvalue weighted by atomic mass is 9.93. The van der Waals surface area contributed by atoms with Crippen molar-refractivity contribution in [2.45, 2.75) is 52.4 Å². The molecule has 2 heterocycles. The molecule has 4 aromatic carbocycles. The fourth-order valence-corrected chi connectivity index (χ4v) is 6.15. The van der Waals surface area contributed by atoms with Gasteiger partial charge in [0.2, 0.25) is 0 Å². The molecule has 1 saturated heterocycles. The molecule has 0 aliphatic carbocycles. The molecule has 5 aromatic rings. The van der Waals surface area contributed by atoms with Gasteiger partial charge in [0.25, 0.3) is 0 Å². The van der Waals surface area contributed by atoms with Gasteiger partial charge in [-0.25, -0.2) is 4.79 Å². The van der Waals surface area contributed by atoms with Gasteiger partial charge in [0.15, 0.2) is 11.5 Å². The van der Waals surface area contributed by atoms with Crippen molar-refractivity contribution in [2.24, 2.45) is 0 Å². The molecule has 10 nitrogen and oxygen atoms in total. The van der Waals surface area contributed by atoms with Gasteiger partial charge in [-0.15, -0.1) is 0 Å². The predicted molar refractivity (Wildman–Crippen MR) is 201 cm³/mol. The molecule has 1 aromatic heterocycles. The first-order valence-electron chi connectivity index (χ1n) is 18.0. The lowest BCUT2D eigenvalue weighted by molar-refractivity contribution is -0.140. The smallest absolute Gasteiger partial charge is 0.361 e. The van der Waals surface area contributed by atoms with E-state index in [2.05, 4.69) is 36.0 Å². The molecule has 10 heteroatoms. The van der Waals surface area contributed by atoms with Gasteiger partial charge in [-0.3, -0.25) is 9.69 Å². The number of nitrogens with zero attached hydrogens (tertiary/aromatic N) is 2. The number of methoxy groups -OCH3 is 1. The third-order valence-electron chi connectivity index (χ3n) is 9.08. The summed E-state index contributed by atoms with van der Waals surface area (Å²) in [6.45, 7) is 8.87. The van der Waals surface area contributed by atoms with E-state index in [1.165, 1.54) is 7.11 Å². The van der Waals surface area contributed by atoms with Gasteiger partial charge in [0, 0.05) is 32.1 Å². The average Bonchev–Trinajstić information content (AvgIpc) is 3.64. The van der Waals surface area contributed by atoms with E-state index in [-0.39, 0.29) is 30.6 Å². The Kier molecular flexibility index (Phi) is 12.9. The number of rotatable bonds is 16. The molecule has 0 spiro atoms. The van der Waals surface area contributed by atoms with Crippen molar-refractivity contribution in [2.75, 3.05) is 40.0 Å². The van der Waals surface area contributed by atoms with E-state index in [1.807, 2.05) is 84.9 Å². The summed E-state index contributed by atoms with van der Waals surface area (Å²) < 4.78 is 34.9. The van der Waals surface area contributed by atoms with Gasteiger partial charge in [-0.05, 0) is 46.2 Å². The van der Waals surface area contributed by atoms with Gasteiger partial charge in [-0.1, -0.05) is 104 Å². The number of esters is 2. The quantitative estimate of drug-likeness (QED) is 0.0731. The van der Waals surface area contributed by atoms with Crippen LogP contribution in [-0.4, -0.2) is 62.0 Å². The standard InChI is InChI=1S/C43H46N2O8/c1-30(2)35-25-36(38(52-29-33-13-8-5-9-14-33)26-37(35)51-28-32-11-6-4-7-12-32)42-40(41(44-53-42)43(47)50-22-10-15-39(46)48-3)34-18-16-31(17-19-34)27-45-20-23-49-24-21-45/h4-9,11-14,16-19,25-26,30H,10,15,20-24,27-29H2,1-3H3. The Balaban J connectivity index is 1.40. The summed E-state index contributed by atoms with van der Waals surface area (Å²) in [6.07, 6.45) is 0.443. The summed E-state index contributed by atoms with van der Waals surface area (Å²) in [4.78, 5) is 27.6. The Bertz CT molecular complexity index is 1930. The van der Waals surface area contributed by atoms with E-state index >= 15 is 0 Å². The second-order valence-electron chi connectivity index (χ2n) is 13.2. The van der Waals surface area contributed by atoms with Crippen molar-refractivity contribution in [1.29, 1.82) is 0 Å². The number of benzene rings is 4. The number of aromatic nitrogens is 1. The van der Waals surface area contributed by atoms with Gasteiger partial charge in [0.1, 0.15) is 24.7 Å². The van der Waals surface area contributed by atoms with Gasteiger partial charge >= 0.3 is 11.9 Å². The molecule has 0 bridgehead atoms. The third kappa shape index (κ3) is 9.91. The van der Waals surface area contributed by atoms with Crippen LogP contribution in [0.2, 0.25) is 0 Å². The fourth-order valence-electron chi connectivity index (χ4n) is 6.15. The van der Waals surface area contributed by atoms with Gasteiger partial charge < -0.3 is 28.2 Å². The van der Waals surface area contributed by atoms with Crippen LogP contribution in [-0.2, 0) is 38.8 Å². The van der Waals surface area contributed by atoms with Crippen molar-refractivity contribution < 1.29 is 37.8 Å². The van der Waals surface area contributed by atoms with E-state index < -0.39 is 5.97 Å². The van der Waals surface area contributed by atoms with Crippen molar-refractivity contribution >= 4 is 11.9 Å². The molecule has 276 valence electrons. The van der Waals surface area contributed by atoms with Crippen LogP contribution in [0.5, 0.6) is 11.5 Å². The minimum absolute atomic E-state index is 0.0183. The summed E-state index contributed by atoms with van der Waals surface area (Å²) in [5.41, 5.74) is 5.99. The summed E-state index contributed by atoms with van der Waals surface area (Å²) in [5, 5.41) is 4.30. The highest BCUT2D eigenvalue weighted by atomic mass is 16.5. The Labute approximate surface area is 310 Å². The van der Waals surface area contributed by atoms with E-state index in [1.54, 1.807) is 0 Å². The third-order valence-corrected chi connectivity index (χ3v) is 9.08. The molecular formula is C43H46N2O8. The van der Waals surface area contributed by atoms with E-state index in [0.717, 1.165) is 60.7 Å². The zero-order valence-electron chi connectivity index (χ0n) is 30.5. The van der Waals surface area contributed by atoms with Crippen LogP contribution in [0.4, 0.5) is 0 Å². The molecule has 0 N–H and O–H groups in total. The second-order valence-corrected chi connectivity index (χ2v) is 13.2. The van der Waals surface area contributed by atoms with E-state index in [0.29, 0.717) is 48.0 Å². The van der Waals surface area contributed by atoms with Crippen LogP contribution in [0.3, 0.4) is 0 Å². The van der Waals surface area contributed by atoms with Crippen LogP contribution < -0.4 is 9.47 Å². The lowest BCUT2D eigenvalue weighted by Crippen LogP contribution is -2.35. The number of carbonyl (C=O) groups excluding carboxylic acids is 2. The first-order valence-corrected chi connectivity index (χ1v) is 18.0. The molecule has 0 amide bonds. The van der Waals surface area contributed by atoms with E-state index in [9.17, 15) is 9.59 Å². The Morgan fingerprint density at radius 1 is 0.811 bits per heavy atom. The minimum atomic E-state index is -0.657. The topological polar surface area (TPSA) is 110 Å². The van der Waals surface area contributed by atoms with Gasteiger partial charge in [-0.2, -0.15) is 0 Å². The van der Waals surface area contributed by atoms with Crippen molar-refractivity contribution in [3.63, 3.8) is 0 Å². The van der Waals surface area contributed by atoms with Crippen molar-refractivity contribution in [3.05, 3.63) is 125 Å². The summed E-state index contributed by atoms with van der Waals surface area (Å²) >= 11 is 0. The molecular weight excluding hydrogens is 672 g/mol. The summed E-state index contributed by atoms with van der Waals surface area (Å²) in [7, 11) is 1.33. The first kappa shape index (κ1) is 37.3. The molecule has 6 rings (SSSR count). The Morgan fingerprint density at radius 2 is 1.45 bits per heavy atom. The van der Waals surface area contributed by atoms with E-state index in [4.69, 9.17) is 28.2 Å². The minimum Gasteiger partial charge on any atom is -0.488 e. The molecule has 0 atom stereocenters. The lowest BCUT2D eigenvalue weighted by Gasteiger charge is -2.26. The first-order chi connectivity index (χ1) is 25.9. The fraction of sp³-hybridized carbons (Fsp3) is 0.326. The molecule has 0 unspecified atom stereocenters. The molecule has 0 radical (unpaired) electrons. The molecule has 53 heavy (non-hydrogen) atoms. The number of hydrogen-bond donors (Lipinski definition) is 0. The predicted octanol–water partition coefficient (Wildman–Crippen LogP) is 8.23. The summed E-state index contributed by atoms with van der Waals surface area (Å²) in [6, 6.07) is 31.9. The number of ether oxygens (including phenoxy) is 5. The van der Waals surface area contributed by atoms with Crippen LogP contribution in [0.15, 0.2) is 102 Å². The average molecular weight is 719 g/mol. The normalized spacial score (nSPS) is 13.1. The highest BCUT2D eigenvalue weighted by Crippen LogP contribution is 2.44. The van der Waals surface area contributed by atoms with Crippen LogP contribution in [0.1, 0.15) is 65.3 Å². The monoisotopic (exact) mass is 718 g/mol. The van der Waals surface area contributed by atoms with Crippen LogP contribution in [0.25, 0.3) is 22.5 Å². The molecule has 0 saturated carbocycles. The highest BCUT2D eigenvalue weighted by Gasteiger charge is 2.29. The number of hydrogen-bond acceptors (Lipinski definition) is 10. The second kappa shape index (κ2) is 18.3. The zero-order valence-corrected chi connectivity index (χ0v) is 30.5. The SMILES string of the molecule is COC(=O)CCCOC(=O)c1noc(-c2cc(C(C)C)c(OCc3ccccc3)cc2OCc2ccccc2)c1-c1ccc(CN2CCOCC2)cc1. The number of morpholine rings is 1. The molecule has 1 fully saturated rings. The Morgan fingerprint density at radius 3 is 2.08 bits per heavy atom. The maximum atomic E-state index is 13.6. The largest absolute Gasteiger partial charge is 0.488 e. The maximum Gasteiger partial charge on any atom is 0.361 e. The van der Waals surface area contributed by atoms with Gasteiger partial charge in [0.05, 0.1) is 38.1 Å².